The van der Waals surface area contributed by atoms with Gasteiger partial charge in [-0.25, -0.2) is 0 Å². The molecule has 1 aromatic carbocycles. The number of ketones is 1. The maximum atomic E-state index is 12.9. The van der Waals surface area contributed by atoms with Crippen LogP contribution in [0.3, 0.4) is 0 Å². The summed E-state index contributed by atoms with van der Waals surface area (Å²) in [5.74, 6) is 0.668. The second-order valence-electron chi connectivity index (χ2n) is 9.62. The van der Waals surface area contributed by atoms with Crippen LogP contribution in [-0.2, 0) is 11.2 Å². The molecule has 150 valence electrons. The van der Waals surface area contributed by atoms with E-state index in [1.807, 2.05) is 18.2 Å². The number of nitrogens with one attached hydrogen (secondary N) is 2. The lowest BCUT2D eigenvalue weighted by atomic mass is 9.84. The van der Waals surface area contributed by atoms with Gasteiger partial charge in [-0.3, -0.25) is 14.7 Å². The number of hydrogen-bond donors (Lipinski definition) is 2. The van der Waals surface area contributed by atoms with Gasteiger partial charge in [0.2, 0.25) is 0 Å². The minimum absolute atomic E-state index is 0.0166. The maximum Gasteiger partial charge on any atom is 0.272 e. The fourth-order valence-electron chi connectivity index (χ4n) is 4.59. The van der Waals surface area contributed by atoms with Crippen LogP contribution in [0.2, 0.25) is 0 Å². The van der Waals surface area contributed by atoms with Crippen molar-refractivity contribution in [2.75, 3.05) is 19.6 Å². The smallest absolute Gasteiger partial charge is 0.272 e. The van der Waals surface area contributed by atoms with Gasteiger partial charge in [0.25, 0.3) is 5.91 Å². The lowest BCUT2D eigenvalue weighted by Crippen LogP contribution is -2.57. The molecule has 1 atom stereocenters. The van der Waals surface area contributed by atoms with E-state index in [1.54, 1.807) is 0 Å². The van der Waals surface area contributed by atoms with Crippen molar-refractivity contribution in [2.24, 2.45) is 11.3 Å². The molecule has 0 radical (unpaired) electrons. The lowest BCUT2D eigenvalue weighted by molar-refractivity contribution is -0.120. The van der Waals surface area contributed by atoms with Gasteiger partial charge in [-0.1, -0.05) is 26.8 Å². The Bertz CT molecular complexity index is 888. The van der Waals surface area contributed by atoms with E-state index < -0.39 is 0 Å². The minimum atomic E-state index is -0.122. The lowest BCUT2D eigenvalue weighted by Gasteiger charge is -2.44. The summed E-state index contributed by atoms with van der Waals surface area (Å²) in [7, 11) is 0. The monoisotopic (exact) mass is 382 g/mol. The molecule has 2 aromatic rings. The summed E-state index contributed by atoms with van der Waals surface area (Å²) >= 11 is 0. The highest BCUT2D eigenvalue weighted by Gasteiger charge is 2.35. The average molecular weight is 383 g/mol. The highest BCUT2D eigenvalue weighted by atomic mass is 16.2. The fourth-order valence-corrected chi connectivity index (χ4v) is 4.59. The van der Waals surface area contributed by atoms with Crippen molar-refractivity contribution in [3.8, 4) is 0 Å². The molecule has 3 aliphatic rings. The van der Waals surface area contributed by atoms with Crippen molar-refractivity contribution in [3.05, 3.63) is 29.5 Å². The minimum Gasteiger partial charge on any atom is -0.346 e. The molecule has 0 spiro atoms. The average Bonchev–Trinajstić information content (AvgIpc) is 3.04. The predicted molar refractivity (Wildman–Crippen MR) is 109 cm³/mol. The van der Waals surface area contributed by atoms with Crippen LogP contribution < -0.4 is 5.32 Å². The number of aromatic nitrogens is 2. The molecule has 0 aliphatic carbocycles. The van der Waals surface area contributed by atoms with Crippen molar-refractivity contribution in [2.45, 2.75) is 52.5 Å². The number of H-pyrrole nitrogens is 1. The highest BCUT2D eigenvalue weighted by Crippen LogP contribution is 2.28. The SMILES string of the molecule is CC(C)(C)CC(=O)Cc1ccc2[nH]nc(C(=O)N[C@H]3CN4CCC3CC4)c2c1. The molecule has 0 unspecified atom stereocenters. The van der Waals surface area contributed by atoms with Crippen LogP contribution in [0.4, 0.5) is 0 Å². The Kier molecular flexibility index (Phi) is 5.00. The molecular formula is C22H30N4O2. The molecule has 3 aliphatic heterocycles. The Hall–Kier alpha value is -2.21. The quantitative estimate of drug-likeness (QED) is 0.833. The van der Waals surface area contributed by atoms with Crippen molar-refractivity contribution in [1.82, 2.24) is 20.4 Å². The van der Waals surface area contributed by atoms with Gasteiger partial charge in [-0.05, 0) is 55.0 Å². The van der Waals surface area contributed by atoms with E-state index in [4.69, 9.17) is 0 Å². The van der Waals surface area contributed by atoms with E-state index in [0.29, 0.717) is 24.5 Å². The summed E-state index contributed by atoms with van der Waals surface area (Å²) in [6.45, 7) is 9.44. The molecule has 2 bridgehead atoms. The molecule has 1 aromatic heterocycles. The zero-order valence-corrected chi connectivity index (χ0v) is 17.0. The van der Waals surface area contributed by atoms with E-state index in [1.165, 1.54) is 0 Å². The summed E-state index contributed by atoms with van der Waals surface area (Å²) in [5, 5.41) is 11.2. The molecule has 4 heterocycles. The topological polar surface area (TPSA) is 78.1 Å². The van der Waals surface area contributed by atoms with Gasteiger partial charge in [0, 0.05) is 30.8 Å². The summed E-state index contributed by atoms with van der Waals surface area (Å²) in [5.41, 5.74) is 2.17. The van der Waals surface area contributed by atoms with Gasteiger partial charge in [0.1, 0.15) is 5.78 Å². The number of nitrogens with zero attached hydrogens (tertiary/aromatic N) is 2. The summed E-state index contributed by atoms with van der Waals surface area (Å²) in [4.78, 5) is 27.7. The Balaban J connectivity index is 1.49. The largest absolute Gasteiger partial charge is 0.346 e. The third-order valence-corrected chi connectivity index (χ3v) is 5.94. The van der Waals surface area contributed by atoms with Crippen molar-refractivity contribution in [1.29, 1.82) is 0 Å². The van der Waals surface area contributed by atoms with Crippen LogP contribution in [0, 0.1) is 11.3 Å². The molecule has 1 amide bonds. The number of aromatic amines is 1. The van der Waals surface area contributed by atoms with Crippen LogP contribution in [0.15, 0.2) is 18.2 Å². The molecular weight excluding hydrogens is 352 g/mol. The number of piperidine rings is 3. The van der Waals surface area contributed by atoms with Gasteiger partial charge >= 0.3 is 0 Å². The number of carbonyl (C=O) groups excluding carboxylic acids is 2. The fraction of sp³-hybridized carbons (Fsp3) is 0.591. The molecule has 6 heteroatoms. The standard InChI is InChI=1S/C22H30N4O2/c1-22(2,3)12-16(27)10-14-4-5-18-17(11-14)20(25-24-18)21(28)23-19-13-26-8-6-15(19)7-9-26/h4-5,11,15,19H,6-10,12-13H2,1-3H3,(H,23,28)(H,24,25)/t19-/m0/s1. The first-order valence-corrected chi connectivity index (χ1v) is 10.3. The van der Waals surface area contributed by atoms with E-state index in [2.05, 4.69) is 41.2 Å². The summed E-state index contributed by atoms with van der Waals surface area (Å²) in [6, 6.07) is 5.99. The third-order valence-electron chi connectivity index (χ3n) is 5.94. The number of rotatable bonds is 5. The maximum absolute atomic E-state index is 12.9. The van der Waals surface area contributed by atoms with Crippen molar-refractivity contribution in [3.63, 3.8) is 0 Å². The first-order valence-electron chi connectivity index (χ1n) is 10.3. The summed E-state index contributed by atoms with van der Waals surface area (Å²) in [6.07, 6.45) is 3.25. The first kappa shape index (κ1) is 19.1. The first-order chi connectivity index (χ1) is 13.3. The Labute approximate surface area is 166 Å². The molecule has 5 rings (SSSR count). The number of amides is 1. The number of carbonyl (C=O) groups is 2. The molecule has 0 saturated carbocycles. The zero-order chi connectivity index (χ0) is 19.9. The summed E-state index contributed by atoms with van der Waals surface area (Å²) < 4.78 is 0. The molecule has 6 nitrogen and oxygen atoms in total. The van der Waals surface area contributed by atoms with E-state index in [9.17, 15) is 9.59 Å². The zero-order valence-electron chi connectivity index (χ0n) is 17.0. The van der Waals surface area contributed by atoms with E-state index in [0.717, 1.165) is 48.9 Å². The molecule has 3 saturated heterocycles. The van der Waals surface area contributed by atoms with Gasteiger partial charge in [0.05, 0.1) is 5.52 Å². The Morgan fingerprint density at radius 3 is 2.64 bits per heavy atom. The Morgan fingerprint density at radius 1 is 1.25 bits per heavy atom. The number of fused-ring (bicyclic) bond motifs is 4. The van der Waals surface area contributed by atoms with E-state index >= 15 is 0 Å². The number of hydrogen-bond acceptors (Lipinski definition) is 4. The van der Waals surface area contributed by atoms with Gasteiger partial charge in [-0.2, -0.15) is 5.10 Å². The highest BCUT2D eigenvalue weighted by molar-refractivity contribution is 6.05. The normalized spacial score (nSPS) is 24.5. The van der Waals surface area contributed by atoms with Crippen LogP contribution in [-0.4, -0.2) is 52.5 Å². The molecule has 28 heavy (non-hydrogen) atoms. The predicted octanol–water partition coefficient (Wildman–Crippen LogP) is 2.93. The molecule has 2 N–H and O–H groups in total. The van der Waals surface area contributed by atoms with Gasteiger partial charge < -0.3 is 10.2 Å². The molecule has 3 fully saturated rings. The third kappa shape index (κ3) is 4.12. The van der Waals surface area contributed by atoms with Crippen LogP contribution >= 0.6 is 0 Å². The van der Waals surface area contributed by atoms with Gasteiger partial charge in [0.15, 0.2) is 5.69 Å². The van der Waals surface area contributed by atoms with Crippen LogP contribution in [0.25, 0.3) is 10.9 Å². The second kappa shape index (κ2) is 7.32. The van der Waals surface area contributed by atoms with Crippen LogP contribution in [0.5, 0.6) is 0 Å². The van der Waals surface area contributed by atoms with Crippen molar-refractivity contribution >= 4 is 22.6 Å². The van der Waals surface area contributed by atoms with Crippen molar-refractivity contribution < 1.29 is 9.59 Å². The van der Waals surface area contributed by atoms with Gasteiger partial charge in [-0.15, -0.1) is 0 Å². The number of benzene rings is 1. The number of Topliss-reactive ketones (excluding diaryl/α,β-unsaturated/α-hetero) is 1. The van der Waals surface area contributed by atoms with Crippen LogP contribution in [0.1, 0.15) is 56.1 Å². The Morgan fingerprint density at radius 2 is 2.00 bits per heavy atom. The second-order valence-corrected chi connectivity index (χ2v) is 9.62. The van der Waals surface area contributed by atoms with E-state index in [-0.39, 0.29) is 23.1 Å².